The molecular weight excluding hydrogens is 223 g/mol. The molecule has 0 atom stereocenters. The van der Waals surface area contributed by atoms with E-state index in [0.717, 1.165) is 0 Å². The van der Waals surface area contributed by atoms with Crippen molar-refractivity contribution in [1.29, 1.82) is 0 Å². The fourth-order valence-electron chi connectivity index (χ4n) is 1.52. The molecule has 0 spiro atoms. The molecule has 0 amide bonds. The predicted octanol–water partition coefficient (Wildman–Crippen LogP) is -1.28. The molecule has 78 valence electrons. The van der Waals surface area contributed by atoms with Gasteiger partial charge in [-0.3, -0.25) is 0 Å². The van der Waals surface area contributed by atoms with Crippen LogP contribution in [0.2, 0.25) is 0 Å². The van der Waals surface area contributed by atoms with Crippen LogP contribution in [0.15, 0.2) is 23.1 Å². The van der Waals surface area contributed by atoms with Crippen molar-refractivity contribution in [2.75, 3.05) is 0 Å². The van der Waals surface area contributed by atoms with Crippen molar-refractivity contribution in [3.63, 3.8) is 0 Å². The minimum Gasteiger partial charge on any atom is -0.744 e. The van der Waals surface area contributed by atoms with E-state index in [4.69, 9.17) is 0 Å². The Morgan fingerprint density at radius 2 is 1.53 bits per heavy atom. The van der Waals surface area contributed by atoms with Gasteiger partial charge in [-0.15, -0.1) is 0 Å². The zero-order chi connectivity index (χ0) is 10.8. The van der Waals surface area contributed by atoms with Crippen molar-refractivity contribution in [3.8, 4) is 0 Å². The maximum absolute atomic E-state index is 11.0. The van der Waals surface area contributed by atoms with Crippen LogP contribution in [0.1, 0.15) is 25.0 Å². The monoisotopic (exact) mass is 236 g/mol. The molecule has 1 rings (SSSR count). The number of hydrogen-bond donors (Lipinski definition) is 0. The molecule has 0 saturated carbocycles. The average molecular weight is 236 g/mol. The van der Waals surface area contributed by atoms with Gasteiger partial charge in [0.2, 0.25) is 0 Å². The Hall–Kier alpha value is 0.130. The van der Waals surface area contributed by atoms with Gasteiger partial charge in [-0.25, -0.2) is 8.42 Å². The third-order valence-corrected chi connectivity index (χ3v) is 3.21. The molecule has 0 aromatic heterocycles. The van der Waals surface area contributed by atoms with Crippen LogP contribution in [-0.2, 0) is 23.0 Å². The van der Waals surface area contributed by atoms with Gasteiger partial charge in [-0.2, -0.15) is 0 Å². The molecule has 1 aromatic rings. The normalized spacial score (nSPS) is 10.9. The number of benzene rings is 1. The van der Waals surface area contributed by atoms with E-state index >= 15 is 0 Å². The Balaban J connectivity index is 0.00000196. The van der Waals surface area contributed by atoms with Crippen LogP contribution in [0, 0.1) is 0 Å². The van der Waals surface area contributed by atoms with Crippen molar-refractivity contribution in [3.05, 3.63) is 29.3 Å². The summed E-state index contributed by atoms with van der Waals surface area (Å²) in [6.07, 6.45) is 1.12. The summed E-state index contributed by atoms with van der Waals surface area (Å²) >= 11 is 0. The zero-order valence-electron chi connectivity index (χ0n) is 9.28. The van der Waals surface area contributed by atoms with Gasteiger partial charge in [0, 0.05) is 0 Å². The standard InChI is InChI=1S/C10H14O3S.Na/c1-3-8-6-5-7-9(4-2)10(8)14(11,12)13;/h5-7H,3-4H2,1-2H3,(H,11,12,13);/q;+1/p-1. The van der Waals surface area contributed by atoms with E-state index in [2.05, 4.69) is 0 Å². The van der Waals surface area contributed by atoms with Gasteiger partial charge >= 0.3 is 29.6 Å². The number of hydrogen-bond acceptors (Lipinski definition) is 3. The summed E-state index contributed by atoms with van der Waals surface area (Å²) in [5.74, 6) is 0. The van der Waals surface area contributed by atoms with Crippen molar-refractivity contribution >= 4 is 10.1 Å². The van der Waals surface area contributed by atoms with Gasteiger partial charge in [-0.1, -0.05) is 32.0 Å². The molecule has 0 N–H and O–H groups in total. The van der Waals surface area contributed by atoms with E-state index in [1.807, 2.05) is 13.8 Å². The first-order valence-electron chi connectivity index (χ1n) is 4.57. The minimum absolute atomic E-state index is 0. The Bertz CT molecular complexity index is 404. The molecule has 0 saturated heterocycles. The zero-order valence-corrected chi connectivity index (χ0v) is 12.1. The first kappa shape index (κ1) is 15.1. The van der Waals surface area contributed by atoms with Crippen LogP contribution < -0.4 is 29.6 Å². The molecule has 15 heavy (non-hydrogen) atoms. The maximum atomic E-state index is 11.0. The molecule has 0 bridgehead atoms. The van der Waals surface area contributed by atoms with Gasteiger partial charge in [0.05, 0.1) is 4.90 Å². The largest absolute Gasteiger partial charge is 1.00 e. The second-order valence-corrected chi connectivity index (χ2v) is 4.38. The van der Waals surface area contributed by atoms with Crippen LogP contribution in [0.3, 0.4) is 0 Å². The molecule has 0 aliphatic heterocycles. The van der Waals surface area contributed by atoms with E-state index in [1.54, 1.807) is 18.2 Å². The smallest absolute Gasteiger partial charge is 0.744 e. The summed E-state index contributed by atoms with van der Waals surface area (Å²) in [6.45, 7) is 3.67. The Kier molecular flexibility index (Phi) is 6.06. The second kappa shape index (κ2) is 6.01. The molecule has 1 aromatic carbocycles. The summed E-state index contributed by atoms with van der Waals surface area (Å²) in [6, 6.07) is 5.15. The Morgan fingerprint density at radius 1 is 1.13 bits per heavy atom. The third-order valence-electron chi connectivity index (χ3n) is 2.19. The Morgan fingerprint density at radius 3 is 1.80 bits per heavy atom. The van der Waals surface area contributed by atoms with E-state index in [0.29, 0.717) is 24.0 Å². The van der Waals surface area contributed by atoms with Crippen LogP contribution in [0.5, 0.6) is 0 Å². The fraction of sp³-hybridized carbons (Fsp3) is 0.400. The molecule has 0 aliphatic rings. The third kappa shape index (κ3) is 3.57. The van der Waals surface area contributed by atoms with Crippen LogP contribution in [-0.4, -0.2) is 13.0 Å². The van der Waals surface area contributed by atoms with Crippen LogP contribution in [0.4, 0.5) is 0 Å². The first-order chi connectivity index (χ1) is 6.50. The van der Waals surface area contributed by atoms with Gasteiger partial charge in [-0.05, 0) is 24.0 Å². The van der Waals surface area contributed by atoms with Crippen LogP contribution in [0.25, 0.3) is 0 Å². The number of rotatable bonds is 3. The van der Waals surface area contributed by atoms with E-state index in [-0.39, 0.29) is 34.5 Å². The molecule has 0 radical (unpaired) electrons. The molecule has 0 aliphatic carbocycles. The molecule has 0 unspecified atom stereocenters. The van der Waals surface area contributed by atoms with E-state index < -0.39 is 10.1 Å². The average Bonchev–Trinajstić information content (AvgIpc) is 2.15. The first-order valence-corrected chi connectivity index (χ1v) is 5.98. The van der Waals surface area contributed by atoms with Gasteiger partial charge < -0.3 is 4.55 Å². The fourth-order valence-corrected chi connectivity index (χ4v) is 2.58. The second-order valence-electron chi connectivity index (χ2n) is 3.07. The maximum Gasteiger partial charge on any atom is 1.00 e. The summed E-state index contributed by atoms with van der Waals surface area (Å²) < 4.78 is 33.1. The summed E-state index contributed by atoms with van der Waals surface area (Å²) in [4.78, 5) is -0.0231. The van der Waals surface area contributed by atoms with Crippen LogP contribution >= 0.6 is 0 Å². The number of aryl methyl sites for hydroxylation is 2. The van der Waals surface area contributed by atoms with E-state index in [9.17, 15) is 13.0 Å². The topological polar surface area (TPSA) is 57.2 Å². The summed E-state index contributed by atoms with van der Waals surface area (Å²) in [5, 5.41) is 0. The minimum atomic E-state index is -4.34. The molecular formula is C10H13NaO3S. The molecule has 0 fully saturated rings. The summed E-state index contributed by atoms with van der Waals surface area (Å²) in [7, 11) is -4.34. The Labute approximate surface area is 113 Å². The van der Waals surface area contributed by atoms with Gasteiger partial charge in [0.15, 0.2) is 0 Å². The van der Waals surface area contributed by atoms with Crippen molar-refractivity contribution in [2.24, 2.45) is 0 Å². The summed E-state index contributed by atoms with van der Waals surface area (Å²) in [5.41, 5.74) is 1.22. The van der Waals surface area contributed by atoms with Crippen molar-refractivity contribution in [2.45, 2.75) is 31.6 Å². The van der Waals surface area contributed by atoms with E-state index in [1.165, 1.54) is 0 Å². The van der Waals surface area contributed by atoms with Gasteiger partial charge in [0.25, 0.3) is 0 Å². The predicted molar refractivity (Wildman–Crippen MR) is 53.2 cm³/mol. The molecule has 0 heterocycles. The SMILES string of the molecule is CCc1cccc(CC)c1S(=O)(=O)[O-].[Na+]. The quantitative estimate of drug-likeness (QED) is 0.485. The van der Waals surface area contributed by atoms with Gasteiger partial charge in [0.1, 0.15) is 10.1 Å². The molecule has 5 heteroatoms. The molecule has 3 nitrogen and oxygen atoms in total. The van der Waals surface area contributed by atoms with Crippen molar-refractivity contribution < 1.29 is 42.5 Å². The van der Waals surface area contributed by atoms with Crippen molar-refractivity contribution in [1.82, 2.24) is 0 Å².